The van der Waals surface area contributed by atoms with Crippen LogP contribution < -0.4 is 5.32 Å². The van der Waals surface area contributed by atoms with Gasteiger partial charge in [0.15, 0.2) is 0 Å². The number of hydrogen-bond donors (Lipinski definition) is 1. The molecule has 1 saturated carbocycles. The molecule has 1 aromatic heterocycles. The number of alkyl halides is 1. The Hall–Kier alpha value is -0.540. The van der Waals surface area contributed by atoms with Gasteiger partial charge in [-0.05, 0) is 25.7 Å². The Balaban J connectivity index is 1.95. The molecule has 1 N–H and O–H groups in total. The molecule has 15 heavy (non-hydrogen) atoms. The van der Waals surface area contributed by atoms with Gasteiger partial charge in [-0.25, -0.2) is 9.97 Å². The third kappa shape index (κ3) is 2.95. The van der Waals surface area contributed by atoms with E-state index in [0.29, 0.717) is 16.4 Å². The van der Waals surface area contributed by atoms with Crippen molar-refractivity contribution in [3.8, 4) is 0 Å². The van der Waals surface area contributed by atoms with E-state index in [4.69, 9.17) is 23.2 Å². The van der Waals surface area contributed by atoms with Crippen LogP contribution in [0.25, 0.3) is 0 Å². The number of hydrogen-bond acceptors (Lipinski definition) is 3. The van der Waals surface area contributed by atoms with E-state index in [2.05, 4.69) is 15.3 Å². The van der Waals surface area contributed by atoms with Crippen molar-refractivity contribution >= 4 is 29.0 Å². The fourth-order valence-electron chi connectivity index (χ4n) is 1.81. The summed E-state index contributed by atoms with van der Waals surface area (Å²) in [5, 5.41) is 4.24. The van der Waals surface area contributed by atoms with Gasteiger partial charge in [-0.3, -0.25) is 0 Å². The standard InChI is InChI=1S/C10H13Cl2N3/c11-7-1-3-8(4-2-7)15-10-9(12)5-13-6-14-10/h5-8H,1-4H2,(H,13,14,15). The molecule has 2 rings (SSSR count). The van der Waals surface area contributed by atoms with Crippen LogP contribution in [0.2, 0.25) is 5.02 Å². The van der Waals surface area contributed by atoms with Gasteiger partial charge in [-0.15, -0.1) is 11.6 Å². The maximum Gasteiger partial charge on any atom is 0.148 e. The van der Waals surface area contributed by atoms with Crippen LogP contribution in [0.4, 0.5) is 5.82 Å². The Kier molecular flexibility index (Phi) is 3.65. The molecule has 0 unspecified atom stereocenters. The highest BCUT2D eigenvalue weighted by atomic mass is 35.5. The van der Waals surface area contributed by atoms with Gasteiger partial charge in [0, 0.05) is 11.4 Å². The third-order valence-corrected chi connectivity index (χ3v) is 3.38. The fourth-order valence-corrected chi connectivity index (χ4v) is 2.22. The predicted molar refractivity (Wildman–Crippen MR) is 62.6 cm³/mol. The van der Waals surface area contributed by atoms with Crippen molar-refractivity contribution in [3.05, 3.63) is 17.5 Å². The lowest BCUT2D eigenvalue weighted by molar-refractivity contribution is 0.467. The molecule has 0 atom stereocenters. The largest absolute Gasteiger partial charge is 0.366 e. The van der Waals surface area contributed by atoms with Crippen LogP contribution in [0, 0.1) is 0 Å². The molecule has 0 aromatic carbocycles. The van der Waals surface area contributed by atoms with E-state index < -0.39 is 0 Å². The van der Waals surface area contributed by atoms with Crippen LogP contribution in [0.15, 0.2) is 12.5 Å². The normalized spacial score (nSPS) is 26.3. The topological polar surface area (TPSA) is 37.8 Å². The maximum absolute atomic E-state index is 6.04. The third-order valence-electron chi connectivity index (χ3n) is 2.67. The molecule has 3 nitrogen and oxygen atoms in total. The van der Waals surface area contributed by atoms with Crippen LogP contribution in [0.1, 0.15) is 25.7 Å². The van der Waals surface area contributed by atoms with Gasteiger partial charge in [-0.2, -0.15) is 0 Å². The first-order valence-electron chi connectivity index (χ1n) is 5.12. The SMILES string of the molecule is Clc1cncnc1NC1CCC(Cl)CC1. The summed E-state index contributed by atoms with van der Waals surface area (Å²) in [4.78, 5) is 7.95. The molecule has 1 heterocycles. The first kappa shape index (κ1) is 11.0. The minimum absolute atomic E-state index is 0.337. The summed E-state index contributed by atoms with van der Waals surface area (Å²) in [6.07, 6.45) is 7.37. The monoisotopic (exact) mass is 245 g/mol. The van der Waals surface area contributed by atoms with E-state index in [-0.39, 0.29) is 0 Å². The lowest BCUT2D eigenvalue weighted by Gasteiger charge is -2.26. The van der Waals surface area contributed by atoms with Gasteiger partial charge in [0.2, 0.25) is 0 Å². The number of nitrogens with zero attached hydrogens (tertiary/aromatic N) is 2. The van der Waals surface area contributed by atoms with Crippen molar-refractivity contribution in [2.24, 2.45) is 0 Å². The van der Waals surface area contributed by atoms with E-state index in [9.17, 15) is 0 Å². The number of anilines is 1. The molecule has 1 aliphatic carbocycles. The maximum atomic E-state index is 6.04. The summed E-state index contributed by atoms with van der Waals surface area (Å²) in [6.45, 7) is 0. The summed E-state index contributed by atoms with van der Waals surface area (Å²) in [6, 6.07) is 0.437. The lowest BCUT2D eigenvalue weighted by Crippen LogP contribution is -2.26. The van der Waals surface area contributed by atoms with E-state index in [1.165, 1.54) is 6.33 Å². The number of halogens is 2. The second-order valence-corrected chi connectivity index (χ2v) is 4.84. The molecule has 0 saturated heterocycles. The summed E-state index contributed by atoms with van der Waals surface area (Å²) in [7, 11) is 0. The number of aromatic nitrogens is 2. The molecule has 0 amide bonds. The van der Waals surface area contributed by atoms with Gasteiger partial charge in [0.25, 0.3) is 0 Å². The summed E-state index contributed by atoms with van der Waals surface area (Å²) >= 11 is 12.0. The zero-order valence-corrected chi connectivity index (χ0v) is 9.80. The molecular formula is C10H13Cl2N3. The van der Waals surface area contributed by atoms with E-state index in [1.54, 1.807) is 6.20 Å². The Bertz CT molecular complexity index is 324. The second kappa shape index (κ2) is 4.99. The van der Waals surface area contributed by atoms with Crippen molar-refractivity contribution in [2.45, 2.75) is 37.1 Å². The Morgan fingerprint density at radius 3 is 2.67 bits per heavy atom. The fraction of sp³-hybridized carbons (Fsp3) is 0.600. The second-order valence-electron chi connectivity index (χ2n) is 3.81. The van der Waals surface area contributed by atoms with Crippen molar-refractivity contribution in [2.75, 3.05) is 5.32 Å². The van der Waals surface area contributed by atoms with Crippen molar-refractivity contribution < 1.29 is 0 Å². The summed E-state index contributed by atoms with van der Waals surface area (Å²) < 4.78 is 0. The number of nitrogens with one attached hydrogen (secondary N) is 1. The molecule has 1 fully saturated rings. The quantitative estimate of drug-likeness (QED) is 0.815. The minimum Gasteiger partial charge on any atom is -0.366 e. The molecule has 0 bridgehead atoms. The zero-order chi connectivity index (χ0) is 10.7. The van der Waals surface area contributed by atoms with E-state index >= 15 is 0 Å². The average molecular weight is 246 g/mol. The highest BCUT2D eigenvalue weighted by Crippen LogP contribution is 2.26. The first-order chi connectivity index (χ1) is 7.25. The Morgan fingerprint density at radius 2 is 2.00 bits per heavy atom. The van der Waals surface area contributed by atoms with Gasteiger partial charge in [0.1, 0.15) is 17.2 Å². The molecular weight excluding hydrogens is 233 g/mol. The van der Waals surface area contributed by atoms with Crippen LogP contribution >= 0.6 is 23.2 Å². The molecule has 0 aliphatic heterocycles. The van der Waals surface area contributed by atoms with Crippen molar-refractivity contribution in [3.63, 3.8) is 0 Å². The van der Waals surface area contributed by atoms with Crippen LogP contribution in [0.3, 0.4) is 0 Å². The van der Waals surface area contributed by atoms with Gasteiger partial charge >= 0.3 is 0 Å². The van der Waals surface area contributed by atoms with Gasteiger partial charge < -0.3 is 5.32 Å². The smallest absolute Gasteiger partial charge is 0.148 e. The van der Waals surface area contributed by atoms with Crippen LogP contribution in [-0.4, -0.2) is 21.4 Å². The van der Waals surface area contributed by atoms with Crippen LogP contribution in [0.5, 0.6) is 0 Å². The van der Waals surface area contributed by atoms with Gasteiger partial charge in [0.05, 0.1) is 6.20 Å². The van der Waals surface area contributed by atoms with Crippen molar-refractivity contribution in [1.29, 1.82) is 0 Å². The molecule has 0 spiro atoms. The number of rotatable bonds is 2. The highest BCUT2D eigenvalue weighted by Gasteiger charge is 2.20. The minimum atomic E-state index is 0.337. The molecule has 0 radical (unpaired) electrons. The average Bonchev–Trinajstić information content (AvgIpc) is 2.25. The summed E-state index contributed by atoms with van der Waals surface area (Å²) in [5.74, 6) is 0.727. The Labute approximate surface area is 99.2 Å². The highest BCUT2D eigenvalue weighted by molar-refractivity contribution is 6.32. The van der Waals surface area contributed by atoms with Crippen LogP contribution in [-0.2, 0) is 0 Å². The zero-order valence-electron chi connectivity index (χ0n) is 8.29. The molecule has 5 heteroatoms. The van der Waals surface area contributed by atoms with Crippen molar-refractivity contribution in [1.82, 2.24) is 9.97 Å². The first-order valence-corrected chi connectivity index (χ1v) is 5.93. The predicted octanol–water partition coefficient (Wildman–Crippen LogP) is 3.09. The summed E-state index contributed by atoms with van der Waals surface area (Å²) in [5.41, 5.74) is 0. The van der Waals surface area contributed by atoms with E-state index in [1.807, 2.05) is 0 Å². The Morgan fingerprint density at radius 1 is 1.27 bits per heavy atom. The van der Waals surface area contributed by atoms with Gasteiger partial charge in [-0.1, -0.05) is 11.6 Å². The lowest BCUT2D eigenvalue weighted by atomic mass is 9.95. The molecule has 1 aliphatic rings. The molecule has 1 aromatic rings. The molecule has 82 valence electrons. The van der Waals surface area contributed by atoms with E-state index in [0.717, 1.165) is 31.5 Å².